The van der Waals surface area contributed by atoms with Gasteiger partial charge in [-0.15, -0.1) is 0 Å². The summed E-state index contributed by atoms with van der Waals surface area (Å²) in [7, 11) is 0. The second-order valence-electron chi connectivity index (χ2n) is 6.56. The molecule has 3 rings (SSSR count). The number of fused-ring (bicyclic) bond motifs is 1. The van der Waals surface area contributed by atoms with Crippen LogP contribution in [-0.2, 0) is 4.79 Å². The molecule has 2 aromatic rings. The van der Waals surface area contributed by atoms with E-state index in [1.54, 1.807) is 23.1 Å². The lowest BCUT2D eigenvalue weighted by Gasteiger charge is -2.31. The number of amides is 1. The van der Waals surface area contributed by atoms with Crippen molar-refractivity contribution in [3.8, 4) is 5.75 Å². The van der Waals surface area contributed by atoms with E-state index in [1.165, 1.54) is 5.56 Å². The van der Waals surface area contributed by atoms with Crippen LogP contribution >= 0.6 is 0 Å². The van der Waals surface area contributed by atoms with Gasteiger partial charge in [0, 0.05) is 18.3 Å². The largest absolute Gasteiger partial charge is 0.449 e. The second-order valence-corrected chi connectivity index (χ2v) is 6.56. The molecule has 0 radical (unpaired) electrons. The number of aryl methyl sites for hydroxylation is 1. The van der Waals surface area contributed by atoms with Crippen molar-refractivity contribution >= 4 is 23.4 Å². The van der Waals surface area contributed by atoms with Crippen LogP contribution in [0.4, 0.5) is 11.4 Å². The van der Waals surface area contributed by atoms with Crippen molar-refractivity contribution in [2.45, 2.75) is 20.8 Å². The Morgan fingerprint density at radius 2 is 1.88 bits per heavy atom. The summed E-state index contributed by atoms with van der Waals surface area (Å²) in [5.41, 5.74) is 9.36. The first-order valence-electron chi connectivity index (χ1n) is 8.11. The SMILES string of the molecule is Cc1ccc(/C=C2/Oc3cc(N)ccc3N(CC(C)C)C2=O)cc1. The highest BCUT2D eigenvalue weighted by Gasteiger charge is 2.30. The maximum absolute atomic E-state index is 12.9. The minimum Gasteiger partial charge on any atom is -0.449 e. The van der Waals surface area contributed by atoms with Crippen LogP contribution in [0.3, 0.4) is 0 Å². The van der Waals surface area contributed by atoms with Gasteiger partial charge in [-0.25, -0.2) is 0 Å². The van der Waals surface area contributed by atoms with Crippen molar-refractivity contribution in [2.24, 2.45) is 5.92 Å². The minimum atomic E-state index is -0.124. The van der Waals surface area contributed by atoms with Crippen LogP contribution in [0, 0.1) is 12.8 Å². The van der Waals surface area contributed by atoms with Crippen molar-refractivity contribution in [3.63, 3.8) is 0 Å². The van der Waals surface area contributed by atoms with Crippen molar-refractivity contribution < 1.29 is 9.53 Å². The van der Waals surface area contributed by atoms with Crippen molar-refractivity contribution in [1.29, 1.82) is 0 Å². The van der Waals surface area contributed by atoms with E-state index in [2.05, 4.69) is 13.8 Å². The Kier molecular flexibility index (Phi) is 4.30. The van der Waals surface area contributed by atoms with Gasteiger partial charge in [0.2, 0.25) is 0 Å². The third-order valence-electron chi connectivity index (χ3n) is 3.87. The van der Waals surface area contributed by atoms with Crippen molar-refractivity contribution in [2.75, 3.05) is 17.2 Å². The maximum atomic E-state index is 12.9. The third-order valence-corrected chi connectivity index (χ3v) is 3.87. The molecule has 4 heteroatoms. The first-order valence-corrected chi connectivity index (χ1v) is 8.11. The Balaban J connectivity index is 2.03. The van der Waals surface area contributed by atoms with E-state index in [4.69, 9.17) is 10.5 Å². The van der Waals surface area contributed by atoms with Crippen LogP contribution in [-0.4, -0.2) is 12.5 Å². The fourth-order valence-electron chi connectivity index (χ4n) is 2.69. The lowest BCUT2D eigenvalue weighted by molar-refractivity contribution is -0.117. The van der Waals surface area contributed by atoms with Crippen LogP contribution in [0.1, 0.15) is 25.0 Å². The van der Waals surface area contributed by atoms with Gasteiger partial charge in [0.05, 0.1) is 5.69 Å². The number of nitrogens with zero attached hydrogens (tertiary/aromatic N) is 1. The molecule has 0 fully saturated rings. The molecule has 0 atom stereocenters. The summed E-state index contributed by atoms with van der Waals surface area (Å²) in [6.07, 6.45) is 1.78. The van der Waals surface area contributed by atoms with E-state index in [0.29, 0.717) is 29.7 Å². The fourth-order valence-corrected chi connectivity index (χ4v) is 2.69. The van der Waals surface area contributed by atoms with Gasteiger partial charge in [0.25, 0.3) is 5.91 Å². The minimum absolute atomic E-state index is 0.124. The summed E-state index contributed by atoms with van der Waals surface area (Å²) in [5, 5.41) is 0. The number of hydrogen-bond donors (Lipinski definition) is 1. The molecule has 0 aromatic heterocycles. The molecule has 2 aromatic carbocycles. The molecule has 4 nitrogen and oxygen atoms in total. The van der Waals surface area contributed by atoms with Crippen molar-refractivity contribution in [1.82, 2.24) is 0 Å². The van der Waals surface area contributed by atoms with Crippen LogP contribution < -0.4 is 15.4 Å². The summed E-state index contributed by atoms with van der Waals surface area (Å²) in [6, 6.07) is 13.4. The van der Waals surface area contributed by atoms with Crippen molar-refractivity contribution in [3.05, 3.63) is 59.4 Å². The van der Waals surface area contributed by atoms with Crippen LogP contribution in [0.2, 0.25) is 0 Å². The van der Waals surface area contributed by atoms with Gasteiger partial charge in [-0.2, -0.15) is 0 Å². The van der Waals surface area contributed by atoms with Crippen LogP contribution in [0.25, 0.3) is 6.08 Å². The molecule has 0 aliphatic carbocycles. The molecule has 2 N–H and O–H groups in total. The number of anilines is 2. The van der Waals surface area contributed by atoms with E-state index in [-0.39, 0.29) is 5.91 Å². The zero-order chi connectivity index (χ0) is 17.3. The number of nitrogens with two attached hydrogens (primary N) is 1. The lowest BCUT2D eigenvalue weighted by Crippen LogP contribution is -2.39. The number of carbonyl (C=O) groups excluding carboxylic acids is 1. The van der Waals surface area contributed by atoms with Crippen LogP contribution in [0.15, 0.2) is 48.2 Å². The van der Waals surface area contributed by atoms with Gasteiger partial charge in [-0.05, 0) is 36.6 Å². The third kappa shape index (κ3) is 3.27. The number of nitrogen functional groups attached to an aromatic ring is 1. The molecule has 1 aliphatic rings. The normalized spacial score (nSPS) is 15.6. The summed E-state index contributed by atoms with van der Waals surface area (Å²) < 4.78 is 5.86. The van der Waals surface area contributed by atoms with Gasteiger partial charge in [-0.1, -0.05) is 43.7 Å². The zero-order valence-corrected chi connectivity index (χ0v) is 14.2. The average molecular weight is 322 g/mol. The molecule has 1 amide bonds. The van der Waals surface area contributed by atoms with E-state index < -0.39 is 0 Å². The van der Waals surface area contributed by atoms with Gasteiger partial charge < -0.3 is 15.4 Å². The molecule has 124 valence electrons. The van der Waals surface area contributed by atoms with E-state index >= 15 is 0 Å². The zero-order valence-electron chi connectivity index (χ0n) is 14.2. The summed E-state index contributed by atoms with van der Waals surface area (Å²) in [6.45, 7) is 6.83. The van der Waals surface area contributed by atoms with E-state index in [9.17, 15) is 4.79 Å². The van der Waals surface area contributed by atoms with Gasteiger partial charge in [0.1, 0.15) is 0 Å². The second kappa shape index (κ2) is 6.40. The average Bonchev–Trinajstić information content (AvgIpc) is 2.53. The molecule has 0 saturated carbocycles. The summed E-state index contributed by atoms with van der Waals surface area (Å²) in [4.78, 5) is 14.6. The van der Waals surface area contributed by atoms with Gasteiger partial charge in [0.15, 0.2) is 11.5 Å². The standard InChI is InChI=1S/C20H22N2O2/c1-13(2)12-22-17-9-8-16(21)11-18(17)24-19(20(22)23)10-15-6-4-14(3)5-7-15/h4-11,13H,12,21H2,1-3H3/b19-10+. The lowest BCUT2D eigenvalue weighted by atomic mass is 10.1. The monoisotopic (exact) mass is 322 g/mol. The Morgan fingerprint density at radius 3 is 2.54 bits per heavy atom. The number of benzene rings is 2. The maximum Gasteiger partial charge on any atom is 0.294 e. The number of carbonyl (C=O) groups is 1. The molecule has 1 heterocycles. The number of rotatable bonds is 3. The molecule has 0 unspecified atom stereocenters. The Hall–Kier alpha value is -2.75. The molecule has 0 spiro atoms. The fraction of sp³-hybridized carbons (Fsp3) is 0.250. The number of ether oxygens (including phenoxy) is 1. The van der Waals surface area contributed by atoms with Crippen LogP contribution in [0.5, 0.6) is 5.75 Å². The molecule has 1 aliphatic heterocycles. The topological polar surface area (TPSA) is 55.6 Å². The first-order chi connectivity index (χ1) is 11.4. The van der Waals surface area contributed by atoms with Gasteiger partial charge >= 0.3 is 0 Å². The summed E-state index contributed by atoms with van der Waals surface area (Å²) in [5.74, 6) is 1.16. The molecular formula is C20H22N2O2. The Morgan fingerprint density at radius 1 is 1.17 bits per heavy atom. The van der Waals surface area contributed by atoms with Gasteiger partial charge in [-0.3, -0.25) is 4.79 Å². The van der Waals surface area contributed by atoms with E-state index in [0.717, 1.165) is 11.3 Å². The number of hydrogen-bond acceptors (Lipinski definition) is 3. The van der Waals surface area contributed by atoms with E-state index in [1.807, 2.05) is 37.3 Å². The first kappa shape index (κ1) is 16.1. The molecule has 0 saturated heterocycles. The smallest absolute Gasteiger partial charge is 0.294 e. The predicted molar refractivity (Wildman–Crippen MR) is 97.8 cm³/mol. The molecule has 24 heavy (non-hydrogen) atoms. The Bertz CT molecular complexity index is 792. The highest BCUT2D eigenvalue weighted by Crippen LogP contribution is 2.37. The molecule has 0 bridgehead atoms. The highest BCUT2D eigenvalue weighted by molar-refractivity contribution is 6.10. The highest BCUT2D eigenvalue weighted by atomic mass is 16.5. The Labute approximate surface area is 142 Å². The summed E-state index contributed by atoms with van der Waals surface area (Å²) >= 11 is 0. The quantitative estimate of drug-likeness (QED) is 0.686. The predicted octanol–water partition coefficient (Wildman–Crippen LogP) is 4.00. The molecular weight excluding hydrogens is 300 g/mol.